The molecular formula is C34H40F6O6. The molecule has 0 bridgehead atoms. The summed E-state index contributed by atoms with van der Waals surface area (Å²) in [5.41, 5.74) is -4.70. The van der Waals surface area contributed by atoms with Gasteiger partial charge in [0.1, 0.15) is 17.1 Å². The van der Waals surface area contributed by atoms with Crippen molar-refractivity contribution in [3.05, 3.63) is 58.4 Å². The Hall–Kier alpha value is -3.70. The molecule has 0 aliphatic rings. The minimum absolute atomic E-state index is 0.0461. The molecule has 2 unspecified atom stereocenters. The summed E-state index contributed by atoms with van der Waals surface area (Å²) in [5.74, 6) is -1.84. The van der Waals surface area contributed by atoms with Gasteiger partial charge >= 0.3 is 23.9 Å². The number of rotatable bonds is 10. The molecule has 254 valence electrons. The summed E-state index contributed by atoms with van der Waals surface area (Å²) in [6, 6.07) is 8.47. The van der Waals surface area contributed by atoms with E-state index in [-0.39, 0.29) is 33.4 Å². The fourth-order valence-corrected chi connectivity index (χ4v) is 5.25. The van der Waals surface area contributed by atoms with Gasteiger partial charge in [0.15, 0.2) is 0 Å². The van der Waals surface area contributed by atoms with Crippen LogP contribution in [0.25, 0.3) is 22.1 Å². The van der Waals surface area contributed by atoms with Gasteiger partial charge in [-0.25, -0.2) is 4.79 Å². The van der Waals surface area contributed by atoms with Crippen LogP contribution in [0.1, 0.15) is 66.9 Å². The summed E-state index contributed by atoms with van der Waals surface area (Å²) in [6.07, 6.45) is -10.2. The highest BCUT2D eigenvalue weighted by Crippen LogP contribution is 2.47. The van der Waals surface area contributed by atoms with Crippen LogP contribution >= 0.6 is 0 Å². The number of alkyl halides is 6. The van der Waals surface area contributed by atoms with Crippen LogP contribution < -0.4 is 15.1 Å². The Labute approximate surface area is 264 Å². The lowest BCUT2D eigenvalue weighted by Gasteiger charge is -2.43. The molecule has 0 aliphatic heterocycles. The molecule has 12 heteroatoms. The summed E-state index contributed by atoms with van der Waals surface area (Å²) in [4.78, 5) is 26.1. The third-order valence-corrected chi connectivity index (χ3v) is 7.98. The Morgan fingerprint density at radius 3 is 2.00 bits per heavy atom. The quantitative estimate of drug-likeness (QED) is 0.123. The average molecular weight is 659 g/mol. The zero-order valence-corrected chi connectivity index (χ0v) is 27.2. The monoisotopic (exact) mass is 658 g/mol. The maximum Gasteiger partial charge on any atom is 0.417 e. The van der Waals surface area contributed by atoms with Crippen LogP contribution in [0, 0.1) is 22.2 Å². The smallest absolute Gasteiger partial charge is 0.417 e. The number of halogens is 6. The van der Waals surface area contributed by atoms with Crippen molar-refractivity contribution >= 4 is 16.9 Å². The SMILES string of the molecule is COc1ccc(-c2cc3ccc(OCC(COC(=O)C(C)(CC(C)(C)C)C(C)(C)C)CC(F)(F)F)cc3oc2=O)c(C(F)(F)F)c1. The molecule has 2 aromatic carbocycles. The molecule has 0 spiro atoms. The number of carbonyl (C=O) groups is 1. The molecule has 3 rings (SSSR count). The van der Waals surface area contributed by atoms with Gasteiger partial charge in [0.05, 0.1) is 43.3 Å². The van der Waals surface area contributed by atoms with E-state index in [1.807, 2.05) is 41.5 Å². The first-order chi connectivity index (χ1) is 20.9. The van der Waals surface area contributed by atoms with Crippen LogP contribution in [-0.4, -0.2) is 32.5 Å². The van der Waals surface area contributed by atoms with Gasteiger partial charge in [-0.05, 0) is 60.6 Å². The molecule has 2 atom stereocenters. The number of esters is 1. The topological polar surface area (TPSA) is 75.0 Å². The second-order valence-electron chi connectivity index (χ2n) is 14.0. The molecular weight excluding hydrogens is 618 g/mol. The van der Waals surface area contributed by atoms with Crippen LogP contribution in [0.3, 0.4) is 0 Å². The van der Waals surface area contributed by atoms with Crippen molar-refractivity contribution < 1.29 is 49.8 Å². The fraction of sp³-hybridized carbons (Fsp3) is 0.529. The van der Waals surface area contributed by atoms with E-state index in [1.165, 1.54) is 37.4 Å². The third kappa shape index (κ3) is 9.19. The maximum absolute atomic E-state index is 13.8. The molecule has 0 saturated carbocycles. The van der Waals surface area contributed by atoms with E-state index in [4.69, 9.17) is 18.6 Å². The minimum Gasteiger partial charge on any atom is -0.497 e. The number of fused-ring (bicyclic) bond motifs is 1. The van der Waals surface area contributed by atoms with Crippen molar-refractivity contribution in [2.75, 3.05) is 20.3 Å². The van der Waals surface area contributed by atoms with Crippen LogP contribution in [0.4, 0.5) is 26.3 Å². The molecule has 0 fully saturated rings. The Balaban J connectivity index is 1.84. The van der Waals surface area contributed by atoms with Gasteiger partial charge in [-0.3, -0.25) is 4.79 Å². The van der Waals surface area contributed by atoms with Crippen LogP contribution in [-0.2, 0) is 15.7 Å². The molecule has 0 amide bonds. The maximum atomic E-state index is 13.8. The number of hydrogen-bond acceptors (Lipinski definition) is 6. The normalized spacial score (nSPS) is 14.9. The second kappa shape index (κ2) is 13.2. The van der Waals surface area contributed by atoms with Crippen molar-refractivity contribution in [3.8, 4) is 22.6 Å². The van der Waals surface area contributed by atoms with Crippen molar-refractivity contribution in [2.24, 2.45) is 22.2 Å². The second-order valence-corrected chi connectivity index (χ2v) is 14.0. The van der Waals surface area contributed by atoms with Crippen molar-refractivity contribution in [1.82, 2.24) is 0 Å². The van der Waals surface area contributed by atoms with Gasteiger partial charge in [-0.15, -0.1) is 0 Å². The number of carbonyl (C=O) groups excluding carboxylic acids is 1. The van der Waals surface area contributed by atoms with E-state index in [0.717, 1.165) is 12.1 Å². The zero-order valence-electron chi connectivity index (χ0n) is 27.2. The first kappa shape index (κ1) is 36.8. The van der Waals surface area contributed by atoms with E-state index in [1.54, 1.807) is 6.92 Å². The lowest BCUT2D eigenvalue weighted by Crippen LogP contribution is -2.45. The molecule has 0 N–H and O–H groups in total. The first-order valence-corrected chi connectivity index (χ1v) is 14.6. The molecule has 0 radical (unpaired) electrons. The van der Waals surface area contributed by atoms with Crippen molar-refractivity contribution in [1.29, 1.82) is 0 Å². The van der Waals surface area contributed by atoms with Crippen molar-refractivity contribution in [2.45, 2.75) is 73.7 Å². The van der Waals surface area contributed by atoms with E-state index < -0.39 is 71.5 Å². The zero-order chi connectivity index (χ0) is 34.9. The van der Waals surface area contributed by atoms with Gasteiger partial charge in [-0.1, -0.05) is 41.5 Å². The van der Waals surface area contributed by atoms with E-state index in [2.05, 4.69) is 0 Å². The lowest BCUT2D eigenvalue weighted by molar-refractivity contribution is -0.173. The molecule has 1 heterocycles. The lowest BCUT2D eigenvalue weighted by atomic mass is 9.61. The van der Waals surface area contributed by atoms with Gasteiger partial charge in [0.25, 0.3) is 0 Å². The molecule has 3 aromatic rings. The molecule has 0 aliphatic carbocycles. The number of benzene rings is 2. The van der Waals surface area contributed by atoms with Crippen molar-refractivity contribution in [3.63, 3.8) is 0 Å². The summed E-state index contributed by atoms with van der Waals surface area (Å²) in [6.45, 7) is 12.3. The molecule has 46 heavy (non-hydrogen) atoms. The molecule has 6 nitrogen and oxygen atoms in total. The Morgan fingerprint density at radius 1 is 0.826 bits per heavy atom. The molecule has 1 aromatic heterocycles. The van der Waals surface area contributed by atoms with Gasteiger partial charge < -0.3 is 18.6 Å². The minimum atomic E-state index is -4.79. The highest BCUT2D eigenvalue weighted by Gasteiger charge is 2.48. The van der Waals surface area contributed by atoms with Crippen LogP contribution in [0.2, 0.25) is 0 Å². The van der Waals surface area contributed by atoms with Gasteiger partial charge in [-0.2, -0.15) is 26.3 Å². The summed E-state index contributed by atoms with van der Waals surface area (Å²) in [7, 11) is 1.22. The fourth-order valence-electron chi connectivity index (χ4n) is 5.25. The summed E-state index contributed by atoms with van der Waals surface area (Å²) in [5, 5.41) is 0.256. The predicted molar refractivity (Wildman–Crippen MR) is 162 cm³/mol. The standard InChI is InChI=1S/C34H40F6O6/c1-30(2,3)19-32(7,31(4,5)6)29(42)45-18-20(16-33(35,36)37)17-44-23-10-9-21-13-25(28(41)46-27(21)15-23)24-12-11-22(43-8)14-26(24)34(38,39)40/h9-15,20H,16-19H2,1-8H3. The number of methoxy groups -OCH3 is 1. The van der Waals surface area contributed by atoms with E-state index >= 15 is 0 Å². The van der Waals surface area contributed by atoms with E-state index in [0.29, 0.717) is 6.42 Å². The van der Waals surface area contributed by atoms with Gasteiger partial charge in [0, 0.05) is 22.9 Å². The largest absolute Gasteiger partial charge is 0.497 e. The highest BCUT2D eigenvalue weighted by atomic mass is 19.4. The van der Waals surface area contributed by atoms with E-state index in [9.17, 15) is 35.9 Å². The highest BCUT2D eigenvalue weighted by molar-refractivity contribution is 5.83. The molecule has 0 saturated heterocycles. The van der Waals surface area contributed by atoms with Crippen LogP contribution in [0.5, 0.6) is 11.5 Å². The number of hydrogen-bond donors (Lipinski definition) is 0. The Morgan fingerprint density at radius 2 is 1.46 bits per heavy atom. The van der Waals surface area contributed by atoms with Gasteiger partial charge in [0.2, 0.25) is 0 Å². The number of ether oxygens (including phenoxy) is 3. The summed E-state index contributed by atoms with van der Waals surface area (Å²) < 4.78 is 103. The van der Waals surface area contributed by atoms with Crippen LogP contribution in [0.15, 0.2) is 51.7 Å². The predicted octanol–water partition coefficient (Wildman–Crippen LogP) is 9.47. The average Bonchev–Trinajstić information content (AvgIpc) is 2.90. The third-order valence-electron chi connectivity index (χ3n) is 7.98. The first-order valence-electron chi connectivity index (χ1n) is 14.6. The Bertz CT molecular complexity index is 1590. The Kier molecular flexibility index (Phi) is 10.5. The summed E-state index contributed by atoms with van der Waals surface area (Å²) >= 11 is 0.